The summed E-state index contributed by atoms with van der Waals surface area (Å²) in [5, 5.41) is 23.8. The van der Waals surface area contributed by atoms with Crippen molar-refractivity contribution in [2.24, 2.45) is 0 Å². The fraction of sp³-hybridized carbons (Fsp3) is 0.763. The number of esters is 1. The van der Waals surface area contributed by atoms with Gasteiger partial charge < -0.3 is 20.3 Å². The van der Waals surface area contributed by atoms with E-state index in [9.17, 15) is 19.8 Å². The highest BCUT2D eigenvalue weighted by Gasteiger charge is 2.23. The highest BCUT2D eigenvalue weighted by Crippen LogP contribution is 2.17. The molecule has 0 heterocycles. The van der Waals surface area contributed by atoms with Crippen LogP contribution in [0.5, 0.6) is 0 Å². The number of amides is 1. The number of carbonyl (C=O) groups is 2. The summed E-state index contributed by atoms with van der Waals surface area (Å²) in [4.78, 5) is 26.2. The Bertz CT molecular complexity index is 1200. The van der Waals surface area contributed by atoms with E-state index < -0.39 is 18.2 Å². The maximum absolute atomic E-state index is 13.2. The minimum absolute atomic E-state index is 0.00361. The number of hydrogen-bond acceptors (Lipinski definition) is 5. The molecule has 0 aliphatic heterocycles. The van der Waals surface area contributed by atoms with Crippen LogP contribution in [0.25, 0.3) is 0 Å². The summed E-state index contributed by atoms with van der Waals surface area (Å²) in [7, 11) is 0. The lowest BCUT2D eigenvalue weighted by atomic mass is 10.0. The molecule has 0 rings (SSSR count). The van der Waals surface area contributed by atoms with Crippen molar-refractivity contribution in [3.8, 4) is 0 Å². The normalized spacial score (nSPS) is 13.7. The van der Waals surface area contributed by atoms with E-state index in [4.69, 9.17) is 4.74 Å². The first kappa shape index (κ1) is 62.3. The van der Waals surface area contributed by atoms with Gasteiger partial charge in [0.25, 0.3) is 0 Å². The number of rotatable bonds is 49. The van der Waals surface area contributed by atoms with Gasteiger partial charge in [-0.1, -0.05) is 248 Å². The van der Waals surface area contributed by atoms with E-state index in [2.05, 4.69) is 92.9 Å². The van der Waals surface area contributed by atoms with Crippen molar-refractivity contribution in [3.63, 3.8) is 0 Å². The van der Waals surface area contributed by atoms with Crippen molar-refractivity contribution >= 4 is 11.9 Å². The van der Waals surface area contributed by atoms with Crippen LogP contribution in [0.2, 0.25) is 0 Å². The predicted molar refractivity (Wildman–Crippen MR) is 282 cm³/mol. The SMILES string of the molecule is CC/C=C\C/C=C\C/C=C\C/C=C\C/C=C\CC(CC(=O)NC(CO)C(O)CCCCCCCCCCCCCCCCCC)OC(=O)CCCCCCCCC/C=C\CCCCCC. The third kappa shape index (κ3) is 47.6. The molecule has 0 aromatic heterocycles. The lowest BCUT2D eigenvalue weighted by Crippen LogP contribution is -2.46. The number of ether oxygens (including phenoxy) is 1. The molecule has 3 atom stereocenters. The summed E-state index contributed by atoms with van der Waals surface area (Å²) in [6.45, 7) is 6.34. The zero-order valence-corrected chi connectivity index (χ0v) is 42.9. The maximum atomic E-state index is 13.2. The van der Waals surface area contributed by atoms with Gasteiger partial charge in [-0.25, -0.2) is 0 Å². The largest absolute Gasteiger partial charge is 0.461 e. The second kappa shape index (κ2) is 52.3. The number of aliphatic hydroxyl groups excluding tert-OH is 2. The molecule has 0 fully saturated rings. The minimum atomic E-state index is -0.815. The van der Waals surface area contributed by atoms with E-state index in [0.29, 0.717) is 19.3 Å². The summed E-state index contributed by atoms with van der Waals surface area (Å²) in [6, 6.07) is -0.735. The molecule has 0 aromatic rings. The summed E-state index contributed by atoms with van der Waals surface area (Å²) in [6.07, 6.45) is 66.9. The van der Waals surface area contributed by atoms with Crippen LogP contribution in [0.4, 0.5) is 0 Å². The van der Waals surface area contributed by atoms with E-state index >= 15 is 0 Å². The molecule has 0 saturated heterocycles. The fourth-order valence-electron chi connectivity index (χ4n) is 8.10. The van der Waals surface area contributed by atoms with Gasteiger partial charge in [-0.3, -0.25) is 9.59 Å². The van der Waals surface area contributed by atoms with Crippen LogP contribution >= 0.6 is 0 Å². The molecule has 6 nitrogen and oxygen atoms in total. The minimum Gasteiger partial charge on any atom is -0.461 e. The quantitative estimate of drug-likeness (QED) is 0.0321. The van der Waals surface area contributed by atoms with Crippen molar-refractivity contribution in [2.75, 3.05) is 6.61 Å². The van der Waals surface area contributed by atoms with Gasteiger partial charge in [0.1, 0.15) is 6.10 Å². The van der Waals surface area contributed by atoms with Crippen molar-refractivity contribution in [3.05, 3.63) is 72.9 Å². The molecular weight excluding hydrogens is 803 g/mol. The van der Waals surface area contributed by atoms with Crippen molar-refractivity contribution in [2.45, 2.75) is 283 Å². The molecule has 1 amide bonds. The average Bonchev–Trinajstić information content (AvgIpc) is 3.30. The molecule has 0 bridgehead atoms. The number of nitrogens with one attached hydrogen (secondary N) is 1. The van der Waals surface area contributed by atoms with Gasteiger partial charge in [-0.15, -0.1) is 0 Å². The highest BCUT2D eigenvalue weighted by molar-refractivity contribution is 5.77. The highest BCUT2D eigenvalue weighted by atomic mass is 16.5. The summed E-state index contributed by atoms with van der Waals surface area (Å²) in [5.74, 6) is -0.582. The first-order chi connectivity index (χ1) is 32.0. The molecule has 0 spiro atoms. The molecule has 3 N–H and O–H groups in total. The number of unbranched alkanes of at least 4 members (excludes halogenated alkanes) is 26. The Balaban J connectivity index is 4.67. The smallest absolute Gasteiger partial charge is 0.306 e. The molecule has 0 aliphatic carbocycles. The van der Waals surface area contributed by atoms with E-state index in [1.165, 1.54) is 148 Å². The van der Waals surface area contributed by atoms with Crippen LogP contribution in [0.15, 0.2) is 72.9 Å². The third-order valence-corrected chi connectivity index (χ3v) is 12.3. The number of aliphatic hydroxyl groups is 2. The first-order valence-electron chi connectivity index (χ1n) is 27.7. The number of allylic oxidation sites excluding steroid dienone is 11. The molecule has 6 heteroatoms. The Labute approximate surface area is 402 Å². The molecule has 65 heavy (non-hydrogen) atoms. The summed E-state index contributed by atoms with van der Waals surface area (Å²) >= 11 is 0. The van der Waals surface area contributed by atoms with E-state index in [-0.39, 0.29) is 24.9 Å². The van der Waals surface area contributed by atoms with E-state index in [1.807, 2.05) is 6.08 Å². The van der Waals surface area contributed by atoms with Gasteiger partial charge in [-0.05, 0) is 70.6 Å². The molecule has 376 valence electrons. The molecule has 3 unspecified atom stereocenters. The second-order valence-electron chi connectivity index (χ2n) is 18.6. The summed E-state index contributed by atoms with van der Waals surface area (Å²) < 4.78 is 5.88. The van der Waals surface area contributed by atoms with Crippen LogP contribution in [-0.2, 0) is 14.3 Å². The van der Waals surface area contributed by atoms with Crippen LogP contribution in [0.3, 0.4) is 0 Å². The van der Waals surface area contributed by atoms with Crippen molar-refractivity contribution < 1.29 is 24.5 Å². The van der Waals surface area contributed by atoms with E-state index in [1.54, 1.807) is 0 Å². The molecule has 0 saturated carbocycles. The average molecular weight is 908 g/mol. The standard InChI is InChI=1S/C59H105NO5/c1-4-7-10-13-16-19-22-25-28-31-33-36-39-42-45-48-51-57(62)56(54-61)60-58(63)53-55(50-47-44-41-38-35-32-29-26-23-20-17-14-11-8-5-2)65-59(64)52-49-46-43-40-37-34-30-27-24-21-18-15-12-9-6-3/h8,11,17,20-21,24,26,29,35,38,44,47,55-57,61-62H,4-7,9-10,12-16,18-19,22-23,25,27-28,30-34,36-37,39-43,45-46,48-54H2,1-3H3,(H,60,63)/b11-8-,20-17-,24-21-,29-26-,38-35-,47-44-. The Morgan fingerprint density at radius 3 is 1.31 bits per heavy atom. The van der Waals surface area contributed by atoms with E-state index in [0.717, 1.165) is 70.6 Å². The Morgan fingerprint density at radius 1 is 0.477 bits per heavy atom. The third-order valence-electron chi connectivity index (χ3n) is 12.3. The topological polar surface area (TPSA) is 95.9 Å². The predicted octanol–water partition coefficient (Wildman–Crippen LogP) is 17.0. The summed E-state index contributed by atoms with van der Waals surface area (Å²) in [5.41, 5.74) is 0. The van der Waals surface area contributed by atoms with Crippen LogP contribution < -0.4 is 5.32 Å². The molecule has 0 radical (unpaired) electrons. The zero-order valence-electron chi connectivity index (χ0n) is 42.9. The molecular formula is C59H105NO5. The number of carbonyl (C=O) groups excluding carboxylic acids is 2. The monoisotopic (exact) mass is 908 g/mol. The van der Waals surface area contributed by atoms with Gasteiger partial charge >= 0.3 is 5.97 Å². The van der Waals surface area contributed by atoms with Gasteiger partial charge in [0.15, 0.2) is 0 Å². The Morgan fingerprint density at radius 2 is 0.862 bits per heavy atom. The zero-order chi connectivity index (χ0) is 47.4. The van der Waals surface area contributed by atoms with Gasteiger partial charge in [-0.2, -0.15) is 0 Å². The first-order valence-corrected chi connectivity index (χ1v) is 27.7. The molecule has 0 aliphatic rings. The van der Waals surface area contributed by atoms with Crippen LogP contribution in [-0.4, -0.2) is 46.9 Å². The molecule has 0 aromatic carbocycles. The number of hydrogen-bond donors (Lipinski definition) is 3. The maximum Gasteiger partial charge on any atom is 0.306 e. The van der Waals surface area contributed by atoms with Crippen LogP contribution in [0, 0.1) is 0 Å². The Hall–Kier alpha value is -2.70. The van der Waals surface area contributed by atoms with Crippen molar-refractivity contribution in [1.29, 1.82) is 0 Å². The van der Waals surface area contributed by atoms with Crippen molar-refractivity contribution in [1.82, 2.24) is 5.32 Å². The Kier molecular flexibility index (Phi) is 50.1. The lowest BCUT2D eigenvalue weighted by Gasteiger charge is -2.24. The van der Waals surface area contributed by atoms with Gasteiger partial charge in [0, 0.05) is 12.8 Å². The van der Waals surface area contributed by atoms with Gasteiger partial charge in [0.2, 0.25) is 5.91 Å². The van der Waals surface area contributed by atoms with Crippen LogP contribution in [0.1, 0.15) is 265 Å². The lowest BCUT2D eigenvalue weighted by molar-refractivity contribution is -0.150. The van der Waals surface area contributed by atoms with Gasteiger partial charge in [0.05, 0.1) is 25.2 Å². The second-order valence-corrected chi connectivity index (χ2v) is 18.6. The fourth-order valence-corrected chi connectivity index (χ4v) is 8.10.